The Kier molecular flexibility index (Phi) is 2.96. The fourth-order valence-electron chi connectivity index (χ4n) is 3.96. The topological polar surface area (TPSA) is 57.7 Å². The van der Waals surface area contributed by atoms with E-state index in [0.29, 0.717) is 0 Å². The van der Waals surface area contributed by atoms with Crippen LogP contribution in [0, 0.1) is 23.7 Å². The van der Waals surface area contributed by atoms with Gasteiger partial charge in [-0.2, -0.15) is 0 Å². The third-order valence-corrected chi connectivity index (χ3v) is 4.98. The number of fused-ring (bicyclic) bond motifs is 1. The van der Waals surface area contributed by atoms with Crippen molar-refractivity contribution in [2.24, 2.45) is 23.7 Å². The Morgan fingerprint density at radius 1 is 1.15 bits per heavy atom. The molecule has 3 aliphatic carbocycles. The maximum Gasteiger partial charge on any atom is 0.245 e. The number of carbonyl (C=O) groups is 3. The molecule has 0 aromatic heterocycles. The molecule has 5 nitrogen and oxygen atoms in total. The highest BCUT2D eigenvalue weighted by Crippen LogP contribution is 2.49. The van der Waals surface area contributed by atoms with Gasteiger partial charge in [-0.05, 0) is 31.6 Å². The van der Waals surface area contributed by atoms with E-state index in [1.165, 1.54) is 9.80 Å². The van der Waals surface area contributed by atoms with Crippen molar-refractivity contribution >= 4 is 17.7 Å². The Labute approximate surface area is 118 Å². The lowest BCUT2D eigenvalue weighted by atomic mass is 9.63. The molecule has 3 amide bonds. The maximum atomic E-state index is 12.6. The minimum absolute atomic E-state index is 0.151. The molecule has 4 rings (SSSR count). The first-order chi connectivity index (χ1) is 9.43. The van der Waals surface area contributed by atoms with Crippen LogP contribution in [-0.2, 0) is 14.4 Å². The quantitative estimate of drug-likeness (QED) is 0.550. The summed E-state index contributed by atoms with van der Waals surface area (Å²) in [4.78, 5) is 39.9. The van der Waals surface area contributed by atoms with E-state index in [4.69, 9.17) is 0 Å². The first-order valence-electron chi connectivity index (χ1n) is 7.20. The zero-order valence-corrected chi connectivity index (χ0v) is 12.1. The number of likely N-dealkylation sites (N-methyl/N-ethyl adjacent to an activating group) is 1. The molecule has 1 saturated heterocycles. The molecule has 5 atom stereocenters. The maximum absolute atomic E-state index is 12.6. The van der Waals surface area contributed by atoms with Gasteiger partial charge in [0, 0.05) is 14.1 Å². The summed E-state index contributed by atoms with van der Waals surface area (Å²) in [6.45, 7) is 1.64. The minimum atomic E-state index is -0.699. The van der Waals surface area contributed by atoms with Gasteiger partial charge in [-0.15, -0.1) is 0 Å². The molecule has 2 fully saturated rings. The predicted molar refractivity (Wildman–Crippen MR) is 72.3 cm³/mol. The second-order valence-electron chi connectivity index (χ2n) is 6.30. The Balaban J connectivity index is 1.91. The second-order valence-corrected chi connectivity index (χ2v) is 6.30. The van der Waals surface area contributed by atoms with Gasteiger partial charge >= 0.3 is 0 Å². The summed E-state index contributed by atoms with van der Waals surface area (Å²) in [5.41, 5.74) is 0. The van der Waals surface area contributed by atoms with E-state index in [0.717, 1.165) is 12.8 Å². The minimum Gasteiger partial charge on any atom is -0.347 e. The summed E-state index contributed by atoms with van der Waals surface area (Å²) in [7, 11) is 3.28. The zero-order valence-electron chi connectivity index (χ0n) is 12.1. The number of allylic oxidation sites excluding steroid dienone is 2. The summed E-state index contributed by atoms with van der Waals surface area (Å²) in [6, 6.07) is -0.699. The van der Waals surface area contributed by atoms with E-state index >= 15 is 0 Å². The van der Waals surface area contributed by atoms with Gasteiger partial charge in [0.2, 0.25) is 17.7 Å². The molecule has 1 heterocycles. The average Bonchev–Trinajstić information content (AvgIpc) is 2.73. The van der Waals surface area contributed by atoms with Gasteiger partial charge in [-0.3, -0.25) is 19.3 Å². The molecule has 1 aliphatic heterocycles. The van der Waals surface area contributed by atoms with Crippen LogP contribution in [0.4, 0.5) is 0 Å². The Bertz CT molecular complexity index is 479. The van der Waals surface area contributed by atoms with Crippen molar-refractivity contribution in [3.63, 3.8) is 0 Å². The molecule has 0 aromatic carbocycles. The van der Waals surface area contributed by atoms with Crippen LogP contribution < -0.4 is 0 Å². The Hall–Kier alpha value is -1.65. The molecular weight excluding hydrogens is 256 g/mol. The molecule has 5 unspecified atom stereocenters. The van der Waals surface area contributed by atoms with Crippen molar-refractivity contribution in [2.75, 3.05) is 14.1 Å². The molecule has 0 spiro atoms. The number of hydrogen-bond acceptors (Lipinski definition) is 3. The standard InChI is InChI=1S/C15H20N2O3/c1-8(13(18)16(2)3)17-14(19)11-9-4-5-10(7-6-9)12(11)15(17)20/h4-5,8-12H,6-7H2,1-3H3. The normalized spacial score (nSPS) is 36.2. The summed E-state index contributed by atoms with van der Waals surface area (Å²) >= 11 is 0. The van der Waals surface area contributed by atoms with Crippen molar-refractivity contribution in [2.45, 2.75) is 25.8 Å². The van der Waals surface area contributed by atoms with Gasteiger partial charge < -0.3 is 4.90 Å². The van der Waals surface area contributed by atoms with E-state index in [1.54, 1.807) is 21.0 Å². The van der Waals surface area contributed by atoms with E-state index in [2.05, 4.69) is 12.2 Å². The molecule has 108 valence electrons. The van der Waals surface area contributed by atoms with Crippen LogP contribution in [0.15, 0.2) is 12.2 Å². The van der Waals surface area contributed by atoms with Crippen LogP contribution in [0.2, 0.25) is 0 Å². The number of likely N-dealkylation sites (tertiary alicyclic amines) is 1. The molecule has 0 radical (unpaired) electrons. The van der Waals surface area contributed by atoms with Crippen LogP contribution in [-0.4, -0.2) is 47.7 Å². The van der Waals surface area contributed by atoms with Crippen LogP contribution in [0.1, 0.15) is 19.8 Å². The van der Waals surface area contributed by atoms with Gasteiger partial charge in [0.1, 0.15) is 6.04 Å². The molecule has 0 aromatic rings. The molecular formula is C15H20N2O3. The molecule has 5 heteroatoms. The molecule has 20 heavy (non-hydrogen) atoms. The third-order valence-electron chi connectivity index (χ3n) is 4.98. The van der Waals surface area contributed by atoms with E-state index < -0.39 is 6.04 Å². The number of carbonyl (C=O) groups excluding carboxylic acids is 3. The monoisotopic (exact) mass is 276 g/mol. The summed E-state index contributed by atoms with van der Waals surface area (Å²) in [5, 5.41) is 0. The lowest BCUT2D eigenvalue weighted by molar-refractivity contribution is -0.150. The second kappa shape index (κ2) is 4.43. The van der Waals surface area contributed by atoms with Crippen LogP contribution in [0.5, 0.6) is 0 Å². The van der Waals surface area contributed by atoms with Gasteiger partial charge in [-0.1, -0.05) is 12.2 Å². The molecule has 1 saturated carbocycles. The highest BCUT2D eigenvalue weighted by atomic mass is 16.2. The van der Waals surface area contributed by atoms with Crippen molar-refractivity contribution in [3.8, 4) is 0 Å². The highest BCUT2D eigenvalue weighted by molar-refractivity contribution is 6.08. The smallest absolute Gasteiger partial charge is 0.245 e. The number of imide groups is 1. The predicted octanol–water partition coefficient (Wildman–Crippen LogP) is 0.660. The average molecular weight is 276 g/mol. The fraction of sp³-hybridized carbons (Fsp3) is 0.667. The molecule has 4 aliphatic rings. The lowest BCUT2D eigenvalue weighted by Gasteiger charge is -2.38. The summed E-state index contributed by atoms with van der Waals surface area (Å²) in [5.74, 6) is -0.623. The molecule has 0 N–H and O–H groups in total. The first kappa shape index (κ1) is 13.3. The highest BCUT2D eigenvalue weighted by Gasteiger charge is 2.58. The van der Waals surface area contributed by atoms with Gasteiger partial charge in [0.15, 0.2) is 0 Å². The number of nitrogens with zero attached hydrogens (tertiary/aromatic N) is 2. The Morgan fingerprint density at radius 2 is 1.60 bits per heavy atom. The first-order valence-corrected chi connectivity index (χ1v) is 7.20. The fourth-order valence-corrected chi connectivity index (χ4v) is 3.96. The number of rotatable bonds is 2. The third kappa shape index (κ3) is 1.65. The Morgan fingerprint density at radius 3 is 1.95 bits per heavy atom. The van der Waals surface area contributed by atoms with Crippen molar-refractivity contribution in [1.82, 2.24) is 9.80 Å². The summed E-state index contributed by atoms with van der Waals surface area (Å²) in [6.07, 6.45) is 6.13. The van der Waals surface area contributed by atoms with E-state index in [-0.39, 0.29) is 41.4 Å². The SMILES string of the molecule is CC(C(=O)N(C)C)N1C(=O)C2C3C=CC(CC3)C2C1=O. The van der Waals surface area contributed by atoms with Crippen LogP contribution in [0.3, 0.4) is 0 Å². The van der Waals surface area contributed by atoms with Crippen LogP contribution in [0.25, 0.3) is 0 Å². The number of hydrogen-bond donors (Lipinski definition) is 0. The van der Waals surface area contributed by atoms with E-state index in [9.17, 15) is 14.4 Å². The van der Waals surface area contributed by atoms with Crippen molar-refractivity contribution < 1.29 is 14.4 Å². The number of amides is 3. The van der Waals surface area contributed by atoms with Gasteiger partial charge in [0.05, 0.1) is 11.8 Å². The van der Waals surface area contributed by atoms with Gasteiger partial charge in [0.25, 0.3) is 0 Å². The van der Waals surface area contributed by atoms with Crippen molar-refractivity contribution in [1.29, 1.82) is 0 Å². The zero-order chi connectivity index (χ0) is 14.6. The lowest BCUT2D eigenvalue weighted by Crippen LogP contribution is -2.48. The van der Waals surface area contributed by atoms with Gasteiger partial charge in [-0.25, -0.2) is 0 Å². The van der Waals surface area contributed by atoms with Crippen molar-refractivity contribution in [3.05, 3.63) is 12.2 Å². The van der Waals surface area contributed by atoms with E-state index in [1.807, 2.05) is 0 Å². The summed E-state index contributed by atoms with van der Waals surface area (Å²) < 4.78 is 0. The molecule has 2 bridgehead atoms. The van der Waals surface area contributed by atoms with Crippen LogP contribution >= 0.6 is 0 Å². The largest absolute Gasteiger partial charge is 0.347 e.